The van der Waals surface area contributed by atoms with E-state index in [1.807, 2.05) is 39.0 Å². The summed E-state index contributed by atoms with van der Waals surface area (Å²) in [6.07, 6.45) is 0. The molecule has 0 heterocycles. The van der Waals surface area contributed by atoms with Crippen molar-refractivity contribution in [1.29, 1.82) is 0 Å². The fraction of sp³-hybridized carbons (Fsp3) is 0.533. The summed E-state index contributed by atoms with van der Waals surface area (Å²) in [5.74, 6) is 0.624. The summed E-state index contributed by atoms with van der Waals surface area (Å²) in [7, 11) is 1.60. The monoisotopic (exact) mass is 280 g/mol. The Morgan fingerprint density at radius 2 is 2.10 bits per heavy atom. The van der Waals surface area contributed by atoms with Gasteiger partial charge in [-0.3, -0.25) is 4.79 Å². The van der Waals surface area contributed by atoms with Crippen LogP contribution < -0.4 is 15.4 Å². The first-order chi connectivity index (χ1) is 9.46. The maximum atomic E-state index is 11.8. The van der Waals surface area contributed by atoms with Crippen molar-refractivity contribution in [3.05, 3.63) is 24.3 Å². The predicted molar refractivity (Wildman–Crippen MR) is 80.2 cm³/mol. The molecule has 0 unspecified atom stereocenters. The van der Waals surface area contributed by atoms with Crippen molar-refractivity contribution < 1.29 is 14.3 Å². The highest BCUT2D eigenvalue weighted by atomic mass is 16.5. The third-order valence-electron chi connectivity index (χ3n) is 2.72. The minimum Gasteiger partial charge on any atom is -0.497 e. The standard InChI is InChI=1S/C15H24N2O3/c1-5-20-15(2,3)11-16-10-14(18)17-12-7-6-8-13(9-12)19-4/h6-9,16H,5,10-11H2,1-4H3,(H,17,18). The first-order valence-corrected chi connectivity index (χ1v) is 6.75. The smallest absolute Gasteiger partial charge is 0.238 e. The van der Waals surface area contributed by atoms with Crippen molar-refractivity contribution in [2.45, 2.75) is 26.4 Å². The molecule has 0 aliphatic heterocycles. The number of hydrogen-bond acceptors (Lipinski definition) is 4. The fourth-order valence-corrected chi connectivity index (χ4v) is 1.82. The van der Waals surface area contributed by atoms with Crippen LogP contribution >= 0.6 is 0 Å². The van der Waals surface area contributed by atoms with E-state index in [0.717, 1.165) is 5.69 Å². The van der Waals surface area contributed by atoms with E-state index in [1.165, 1.54) is 0 Å². The molecule has 5 nitrogen and oxygen atoms in total. The van der Waals surface area contributed by atoms with Gasteiger partial charge in [0.05, 0.1) is 19.3 Å². The lowest BCUT2D eigenvalue weighted by Gasteiger charge is -2.24. The molecule has 0 aliphatic carbocycles. The topological polar surface area (TPSA) is 59.6 Å². The van der Waals surface area contributed by atoms with Crippen molar-refractivity contribution in [2.75, 3.05) is 32.1 Å². The number of benzene rings is 1. The van der Waals surface area contributed by atoms with E-state index < -0.39 is 0 Å². The average molecular weight is 280 g/mol. The molecular weight excluding hydrogens is 256 g/mol. The van der Waals surface area contributed by atoms with Crippen LogP contribution in [0.25, 0.3) is 0 Å². The minimum absolute atomic E-state index is 0.0921. The molecule has 20 heavy (non-hydrogen) atoms. The van der Waals surface area contributed by atoms with Crippen LogP contribution in [0.5, 0.6) is 5.75 Å². The van der Waals surface area contributed by atoms with Crippen LogP contribution in [-0.2, 0) is 9.53 Å². The molecule has 5 heteroatoms. The van der Waals surface area contributed by atoms with Crippen LogP contribution in [0.4, 0.5) is 5.69 Å². The number of amides is 1. The van der Waals surface area contributed by atoms with Gasteiger partial charge in [-0.05, 0) is 32.9 Å². The van der Waals surface area contributed by atoms with Gasteiger partial charge in [0.1, 0.15) is 5.75 Å². The Labute approximate surface area is 120 Å². The van der Waals surface area contributed by atoms with E-state index in [0.29, 0.717) is 18.9 Å². The predicted octanol–water partition coefficient (Wildman–Crippen LogP) is 2.04. The van der Waals surface area contributed by atoms with Gasteiger partial charge in [-0.25, -0.2) is 0 Å². The van der Waals surface area contributed by atoms with Crippen LogP contribution in [0.15, 0.2) is 24.3 Å². The zero-order valence-electron chi connectivity index (χ0n) is 12.7. The number of rotatable bonds is 8. The molecule has 1 rings (SSSR count). The number of carbonyl (C=O) groups is 1. The third kappa shape index (κ3) is 6.04. The highest BCUT2D eigenvalue weighted by molar-refractivity contribution is 5.92. The molecule has 0 atom stereocenters. The highest BCUT2D eigenvalue weighted by Gasteiger charge is 2.17. The largest absolute Gasteiger partial charge is 0.497 e. The first kappa shape index (κ1) is 16.5. The lowest BCUT2D eigenvalue weighted by molar-refractivity contribution is -0.115. The van der Waals surface area contributed by atoms with Gasteiger partial charge in [-0.2, -0.15) is 0 Å². The Morgan fingerprint density at radius 1 is 1.35 bits per heavy atom. The summed E-state index contributed by atoms with van der Waals surface area (Å²) < 4.78 is 10.7. The zero-order chi connectivity index (χ0) is 15.0. The summed E-state index contributed by atoms with van der Waals surface area (Å²) >= 11 is 0. The quantitative estimate of drug-likeness (QED) is 0.765. The van der Waals surface area contributed by atoms with E-state index in [4.69, 9.17) is 9.47 Å². The molecular formula is C15H24N2O3. The summed E-state index contributed by atoms with van der Waals surface area (Å²) in [5, 5.41) is 5.90. The normalized spacial score (nSPS) is 11.2. The molecule has 112 valence electrons. The van der Waals surface area contributed by atoms with E-state index >= 15 is 0 Å². The number of carbonyl (C=O) groups excluding carboxylic acids is 1. The Bertz CT molecular complexity index is 433. The van der Waals surface area contributed by atoms with Gasteiger partial charge in [0.25, 0.3) is 0 Å². The second-order valence-corrected chi connectivity index (χ2v) is 5.08. The van der Waals surface area contributed by atoms with Gasteiger partial charge in [0, 0.05) is 24.9 Å². The van der Waals surface area contributed by atoms with Crippen LogP contribution in [0.1, 0.15) is 20.8 Å². The van der Waals surface area contributed by atoms with Crippen molar-refractivity contribution >= 4 is 11.6 Å². The van der Waals surface area contributed by atoms with Gasteiger partial charge in [0.15, 0.2) is 0 Å². The summed E-state index contributed by atoms with van der Waals surface area (Å²) in [6.45, 7) is 7.45. The zero-order valence-corrected chi connectivity index (χ0v) is 12.7. The molecule has 0 aromatic heterocycles. The highest BCUT2D eigenvalue weighted by Crippen LogP contribution is 2.16. The first-order valence-electron chi connectivity index (χ1n) is 6.75. The minimum atomic E-state index is -0.273. The molecule has 0 radical (unpaired) electrons. The molecule has 0 aliphatic rings. The molecule has 2 N–H and O–H groups in total. The van der Waals surface area contributed by atoms with Crippen molar-refractivity contribution in [2.24, 2.45) is 0 Å². The van der Waals surface area contributed by atoms with E-state index in [1.54, 1.807) is 13.2 Å². The molecule has 0 saturated heterocycles. The Kier molecular flexibility index (Phi) is 6.48. The molecule has 0 bridgehead atoms. The Balaban J connectivity index is 2.36. The number of ether oxygens (including phenoxy) is 2. The number of anilines is 1. The molecule has 0 spiro atoms. The Morgan fingerprint density at radius 3 is 2.75 bits per heavy atom. The van der Waals surface area contributed by atoms with E-state index in [2.05, 4.69) is 10.6 Å². The fourth-order valence-electron chi connectivity index (χ4n) is 1.82. The van der Waals surface area contributed by atoms with E-state index in [9.17, 15) is 4.79 Å². The lowest BCUT2D eigenvalue weighted by Crippen LogP contribution is -2.40. The number of hydrogen-bond donors (Lipinski definition) is 2. The lowest BCUT2D eigenvalue weighted by atomic mass is 10.1. The van der Waals surface area contributed by atoms with Crippen LogP contribution in [0.3, 0.4) is 0 Å². The van der Waals surface area contributed by atoms with Gasteiger partial charge in [0.2, 0.25) is 5.91 Å². The molecule has 0 fully saturated rings. The van der Waals surface area contributed by atoms with Gasteiger partial charge in [-0.15, -0.1) is 0 Å². The molecule has 1 aromatic rings. The maximum absolute atomic E-state index is 11.8. The summed E-state index contributed by atoms with van der Waals surface area (Å²) in [4.78, 5) is 11.8. The SMILES string of the molecule is CCOC(C)(C)CNCC(=O)Nc1cccc(OC)c1. The van der Waals surface area contributed by atoms with Crippen LogP contribution in [0, 0.1) is 0 Å². The summed E-state index contributed by atoms with van der Waals surface area (Å²) in [5.41, 5.74) is 0.450. The van der Waals surface area contributed by atoms with Gasteiger partial charge >= 0.3 is 0 Å². The molecule has 1 aromatic carbocycles. The van der Waals surface area contributed by atoms with Gasteiger partial charge < -0.3 is 20.1 Å². The van der Waals surface area contributed by atoms with Crippen LogP contribution in [0.2, 0.25) is 0 Å². The second-order valence-electron chi connectivity index (χ2n) is 5.08. The number of nitrogens with one attached hydrogen (secondary N) is 2. The van der Waals surface area contributed by atoms with Crippen LogP contribution in [-0.4, -0.2) is 38.3 Å². The van der Waals surface area contributed by atoms with Crippen molar-refractivity contribution in [3.8, 4) is 5.75 Å². The summed E-state index contributed by atoms with van der Waals surface area (Å²) in [6, 6.07) is 7.27. The number of methoxy groups -OCH3 is 1. The second kappa shape index (κ2) is 7.87. The van der Waals surface area contributed by atoms with Crippen molar-refractivity contribution in [3.63, 3.8) is 0 Å². The van der Waals surface area contributed by atoms with Crippen molar-refractivity contribution in [1.82, 2.24) is 5.32 Å². The van der Waals surface area contributed by atoms with E-state index in [-0.39, 0.29) is 18.1 Å². The molecule has 0 saturated carbocycles. The molecule has 1 amide bonds. The Hall–Kier alpha value is -1.59. The average Bonchev–Trinajstić information content (AvgIpc) is 2.38. The maximum Gasteiger partial charge on any atom is 0.238 e. The third-order valence-corrected chi connectivity index (χ3v) is 2.72. The van der Waals surface area contributed by atoms with Gasteiger partial charge in [-0.1, -0.05) is 6.07 Å².